The minimum Gasteiger partial charge on any atom is -0.215 e. The van der Waals surface area contributed by atoms with Crippen LogP contribution in [0.4, 0.5) is 0 Å². The quantitative estimate of drug-likeness (QED) is 0.289. The highest BCUT2D eigenvalue weighted by Crippen LogP contribution is 2.44. The van der Waals surface area contributed by atoms with Crippen LogP contribution in [0.5, 0.6) is 0 Å². The summed E-state index contributed by atoms with van der Waals surface area (Å²) in [5.41, 5.74) is 0.892. The van der Waals surface area contributed by atoms with Crippen LogP contribution in [0.2, 0.25) is 0 Å². The van der Waals surface area contributed by atoms with Crippen LogP contribution in [0.1, 0.15) is 0 Å². The van der Waals surface area contributed by atoms with Crippen molar-refractivity contribution in [1.82, 2.24) is 9.97 Å². The summed E-state index contributed by atoms with van der Waals surface area (Å²) < 4.78 is 6.61. The first-order chi connectivity index (χ1) is 11.8. The molecule has 0 fully saturated rings. The third-order valence-corrected chi connectivity index (χ3v) is 10.4. The Hall–Kier alpha value is -1.16. The zero-order valence-electron chi connectivity index (χ0n) is 11.8. The third kappa shape index (κ3) is 2.08. The van der Waals surface area contributed by atoms with Gasteiger partial charge in [0.15, 0.2) is 5.65 Å². The van der Waals surface area contributed by atoms with E-state index in [1.54, 1.807) is 45.3 Å². The number of nitrogens with zero attached hydrogens (tertiary/aromatic N) is 2. The predicted octanol–water partition coefficient (Wildman–Crippen LogP) is 7.64. The van der Waals surface area contributed by atoms with E-state index in [-0.39, 0.29) is 0 Å². The first-order valence-electron chi connectivity index (χ1n) is 7.06. The number of thiazole rings is 2. The molecule has 0 radical (unpaired) electrons. The van der Waals surface area contributed by atoms with Gasteiger partial charge in [0.25, 0.3) is 0 Å². The van der Waals surface area contributed by atoms with Gasteiger partial charge >= 0.3 is 0 Å². The molecule has 6 aromatic rings. The van der Waals surface area contributed by atoms with E-state index in [0.29, 0.717) is 0 Å². The summed E-state index contributed by atoms with van der Waals surface area (Å²) in [5, 5.41) is 6.47. The van der Waals surface area contributed by atoms with Gasteiger partial charge in [0, 0.05) is 18.8 Å². The molecule has 0 saturated heterocycles. The highest BCUT2D eigenvalue weighted by molar-refractivity contribution is 7.42. The van der Waals surface area contributed by atoms with Crippen LogP contribution >= 0.6 is 68.0 Å². The van der Waals surface area contributed by atoms with Crippen molar-refractivity contribution >= 4 is 96.5 Å². The zero-order valence-corrected chi connectivity index (χ0v) is 16.7. The molecule has 0 amide bonds. The van der Waals surface area contributed by atoms with Crippen molar-refractivity contribution in [2.75, 3.05) is 0 Å². The number of aromatic nitrogens is 2. The van der Waals surface area contributed by atoms with Crippen molar-refractivity contribution in [1.29, 1.82) is 0 Å². The average molecular weight is 419 g/mol. The van der Waals surface area contributed by atoms with Crippen LogP contribution in [-0.2, 0) is 0 Å². The van der Waals surface area contributed by atoms with Gasteiger partial charge in [-0.25, -0.2) is 9.97 Å². The van der Waals surface area contributed by atoms with E-state index in [1.807, 2.05) is 22.7 Å². The molecule has 0 saturated carbocycles. The molecular weight excluding hydrogens is 413 g/mol. The summed E-state index contributed by atoms with van der Waals surface area (Å²) in [7, 11) is 0. The first kappa shape index (κ1) is 14.1. The Labute approximate surface area is 160 Å². The van der Waals surface area contributed by atoms with E-state index in [4.69, 9.17) is 9.97 Å². The lowest BCUT2D eigenvalue weighted by Gasteiger charge is -1.88. The Kier molecular flexibility index (Phi) is 3.03. The molecule has 0 aliphatic carbocycles. The van der Waals surface area contributed by atoms with Crippen LogP contribution in [-0.4, -0.2) is 9.97 Å². The molecule has 8 heteroatoms. The van der Waals surface area contributed by atoms with E-state index in [0.717, 1.165) is 15.7 Å². The van der Waals surface area contributed by atoms with E-state index in [2.05, 4.69) is 35.0 Å². The molecule has 0 atom stereocenters. The fraction of sp³-hybridized carbons (Fsp3) is 0. The lowest BCUT2D eigenvalue weighted by atomic mass is 10.4. The van der Waals surface area contributed by atoms with Gasteiger partial charge in [-0.1, -0.05) is 0 Å². The molecule has 0 spiro atoms. The van der Waals surface area contributed by atoms with Crippen molar-refractivity contribution in [3.63, 3.8) is 0 Å². The Morgan fingerprint density at radius 3 is 1.62 bits per heavy atom. The van der Waals surface area contributed by atoms with Crippen molar-refractivity contribution < 1.29 is 0 Å². The topological polar surface area (TPSA) is 25.8 Å². The maximum atomic E-state index is 4.79. The SMILES string of the molecule is c1cc2sc(-c3nc4nc(-c5cc6sccc6s5)sc4s3)cc2s1. The molecule has 116 valence electrons. The standard InChI is InChI=1S/C16H6N2S6/c1-3-19-9-5-11(21-7(1)9)14-17-13-16(23-14)24-15(18-13)12-6-10-8(22-12)2-4-20-10/h1-6H. The van der Waals surface area contributed by atoms with Gasteiger partial charge < -0.3 is 0 Å². The fourth-order valence-corrected chi connectivity index (χ4v) is 9.02. The van der Waals surface area contributed by atoms with Crippen molar-refractivity contribution in [3.05, 3.63) is 35.0 Å². The third-order valence-electron chi connectivity index (χ3n) is 3.68. The maximum Gasteiger partial charge on any atom is 0.182 e. The van der Waals surface area contributed by atoms with Gasteiger partial charge in [0.05, 0.1) is 9.75 Å². The summed E-state index contributed by atoms with van der Waals surface area (Å²) in [5.74, 6) is 0. The second kappa shape index (κ2) is 5.17. The van der Waals surface area contributed by atoms with Crippen LogP contribution in [0.15, 0.2) is 35.0 Å². The molecule has 2 nitrogen and oxygen atoms in total. The Morgan fingerprint density at radius 1 is 0.625 bits per heavy atom. The van der Waals surface area contributed by atoms with Gasteiger partial charge in [0.2, 0.25) is 0 Å². The Bertz CT molecular complexity index is 1130. The van der Waals surface area contributed by atoms with Crippen LogP contribution in [0, 0.1) is 0 Å². The van der Waals surface area contributed by atoms with Gasteiger partial charge in [0.1, 0.15) is 14.0 Å². The molecule has 0 aliphatic heterocycles. The highest BCUT2D eigenvalue weighted by atomic mass is 32.2. The van der Waals surface area contributed by atoms with Crippen molar-refractivity contribution in [3.8, 4) is 19.8 Å². The minimum atomic E-state index is 0.892. The molecule has 6 rings (SSSR count). The highest BCUT2D eigenvalue weighted by Gasteiger charge is 2.16. The largest absolute Gasteiger partial charge is 0.215 e. The molecule has 0 aliphatic rings. The summed E-state index contributed by atoms with van der Waals surface area (Å²) in [6, 6.07) is 8.87. The summed E-state index contributed by atoms with van der Waals surface area (Å²) in [4.78, 5) is 12.1. The molecule has 0 aromatic carbocycles. The van der Waals surface area contributed by atoms with Gasteiger partial charge in [-0.3, -0.25) is 0 Å². The molecule has 6 aromatic heterocycles. The number of fused-ring (bicyclic) bond motifs is 3. The van der Waals surface area contributed by atoms with Gasteiger partial charge in [-0.2, -0.15) is 0 Å². The second-order valence-corrected chi connectivity index (χ2v) is 11.5. The van der Waals surface area contributed by atoms with E-state index >= 15 is 0 Å². The Morgan fingerprint density at radius 2 is 1.17 bits per heavy atom. The number of hydrogen-bond acceptors (Lipinski definition) is 8. The first-order valence-corrected chi connectivity index (χ1v) is 12.1. The van der Waals surface area contributed by atoms with E-state index in [1.165, 1.54) is 32.6 Å². The molecule has 6 heterocycles. The lowest BCUT2D eigenvalue weighted by Crippen LogP contribution is -1.72. The molecule has 0 N–H and O–H groups in total. The molecule has 0 unspecified atom stereocenters. The van der Waals surface area contributed by atoms with Crippen LogP contribution in [0.25, 0.3) is 48.2 Å². The van der Waals surface area contributed by atoms with E-state index < -0.39 is 0 Å². The zero-order chi connectivity index (χ0) is 15.7. The second-order valence-electron chi connectivity index (χ2n) is 5.17. The molecule has 24 heavy (non-hydrogen) atoms. The summed E-state index contributed by atoms with van der Waals surface area (Å²) in [6.07, 6.45) is 0. The number of hydrogen-bond donors (Lipinski definition) is 0. The predicted molar refractivity (Wildman–Crippen MR) is 113 cm³/mol. The molecule has 0 bridgehead atoms. The average Bonchev–Trinajstić information content (AvgIpc) is 3.31. The van der Waals surface area contributed by atoms with Crippen molar-refractivity contribution in [2.24, 2.45) is 0 Å². The normalized spacial score (nSPS) is 12.2. The van der Waals surface area contributed by atoms with Gasteiger partial charge in [-0.05, 0) is 35.0 Å². The monoisotopic (exact) mass is 418 g/mol. The maximum absolute atomic E-state index is 4.79. The number of rotatable bonds is 2. The lowest BCUT2D eigenvalue weighted by molar-refractivity contribution is 1.38. The van der Waals surface area contributed by atoms with E-state index in [9.17, 15) is 0 Å². The molecular formula is C16H6N2S6. The Balaban J connectivity index is 1.45. The smallest absolute Gasteiger partial charge is 0.182 e. The van der Waals surface area contributed by atoms with Crippen LogP contribution in [0.3, 0.4) is 0 Å². The minimum absolute atomic E-state index is 0.892. The summed E-state index contributed by atoms with van der Waals surface area (Å²) >= 11 is 10.7. The summed E-state index contributed by atoms with van der Waals surface area (Å²) in [6.45, 7) is 0. The van der Waals surface area contributed by atoms with Crippen LogP contribution < -0.4 is 0 Å². The van der Waals surface area contributed by atoms with Crippen molar-refractivity contribution in [2.45, 2.75) is 0 Å². The number of thiophene rings is 4. The van der Waals surface area contributed by atoms with Gasteiger partial charge in [-0.15, -0.1) is 68.0 Å². The fourth-order valence-electron chi connectivity index (χ4n) is 2.60.